The molecule has 0 saturated carbocycles. The number of urea groups is 1. The third-order valence-corrected chi connectivity index (χ3v) is 7.63. The van der Waals surface area contributed by atoms with Gasteiger partial charge in [0.2, 0.25) is 0 Å². The monoisotopic (exact) mass is 521 g/mol. The van der Waals surface area contributed by atoms with Gasteiger partial charge in [0, 0.05) is 51.4 Å². The van der Waals surface area contributed by atoms with E-state index in [-0.39, 0.29) is 18.0 Å². The number of amides is 2. The summed E-state index contributed by atoms with van der Waals surface area (Å²) in [5, 5.41) is 3.05. The minimum atomic E-state index is -4.75. The average Bonchev–Trinajstić information content (AvgIpc) is 3.23. The van der Waals surface area contributed by atoms with Gasteiger partial charge >= 0.3 is 12.2 Å². The van der Waals surface area contributed by atoms with E-state index in [0.29, 0.717) is 44.1 Å². The van der Waals surface area contributed by atoms with Crippen molar-refractivity contribution in [2.45, 2.75) is 50.4 Å². The van der Waals surface area contributed by atoms with Crippen LogP contribution >= 0.6 is 0 Å². The molecule has 1 aromatic carbocycles. The normalized spacial score (nSPS) is 23.2. The lowest BCUT2D eigenvalue weighted by molar-refractivity contribution is -0.140. The van der Waals surface area contributed by atoms with Gasteiger partial charge < -0.3 is 19.9 Å². The number of carbonyl (C=O) groups excluding carboxylic acids is 1. The highest BCUT2D eigenvalue weighted by Crippen LogP contribution is 2.34. The molecule has 1 unspecified atom stereocenters. The molecule has 5 rings (SSSR count). The Bertz CT molecular complexity index is 1140. The van der Waals surface area contributed by atoms with E-state index >= 15 is 0 Å². The molecule has 2 atom stereocenters. The molecule has 11 heteroatoms. The van der Waals surface area contributed by atoms with Crippen molar-refractivity contribution in [3.63, 3.8) is 0 Å². The van der Waals surface area contributed by atoms with E-state index in [2.05, 4.69) is 10.3 Å². The molecule has 1 aromatic heterocycles. The second-order valence-electron chi connectivity index (χ2n) is 10.3. The standard InChI is InChI=1S/C26H31F4N5O2/c1-34-13-19(17-2-3-20(21(27)11-17)26(28,29)30)23(14-34)33-25(36)35-7-4-18-12-31-24(32-22(18)15-35)10-16-5-8-37-9-6-16/h2-3,11-12,16,19,23H,4-10,13-15H2,1H3,(H,33,36)/t19-,23?/m0/s1. The van der Waals surface area contributed by atoms with Gasteiger partial charge in [0.15, 0.2) is 0 Å². The molecule has 3 aliphatic heterocycles. The lowest BCUT2D eigenvalue weighted by Gasteiger charge is -2.31. The highest BCUT2D eigenvalue weighted by atomic mass is 19.4. The number of hydrogen-bond donors (Lipinski definition) is 1. The fraction of sp³-hybridized carbons (Fsp3) is 0.577. The molecule has 37 heavy (non-hydrogen) atoms. The SMILES string of the molecule is CN1CC(NC(=O)N2CCc3cnc(CC4CCOCC4)nc3C2)[C@H](c2ccc(C(F)(F)F)c(F)c2)C1. The van der Waals surface area contributed by atoms with Crippen LogP contribution in [0.2, 0.25) is 0 Å². The second kappa shape index (κ2) is 10.5. The van der Waals surface area contributed by atoms with Crippen molar-refractivity contribution in [2.75, 3.05) is 39.9 Å². The van der Waals surface area contributed by atoms with Crippen molar-refractivity contribution in [3.05, 3.63) is 58.4 Å². The van der Waals surface area contributed by atoms with Crippen LogP contribution < -0.4 is 5.32 Å². The van der Waals surface area contributed by atoms with Crippen LogP contribution in [-0.2, 0) is 30.3 Å². The molecule has 2 aromatic rings. The number of likely N-dealkylation sites (N-methyl/N-ethyl adjacent to an activating group) is 1. The molecular weight excluding hydrogens is 490 g/mol. The molecule has 2 amide bonds. The number of aromatic nitrogens is 2. The maximum atomic E-state index is 14.3. The van der Waals surface area contributed by atoms with Gasteiger partial charge in [-0.2, -0.15) is 13.2 Å². The first-order valence-electron chi connectivity index (χ1n) is 12.7. The molecule has 4 heterocycles. The van der Waals surface area contributed by atoms with Crippen LogP contribution in [0.25, 0.3) is 0 Å². The van der Waals surface area contributed by atoms with Crippen molar-refractivity contribution in [1.29, 1.82) is 0 Å². The molecule has 0 spiro atoms. The third-order valence-electron chi connectivity index (χ3n) is 7.63. The number of alkyl halides is 3. The molecule has 0 aliphatic carbocycles. The van der Waals surface area contributed by atoms with Gasteiger partial charge in [-0.05, 0) is 55.5 Å². The number of rotatable bonds is 4. The molecule has 2 fully saturated rings. The van der Waals surface area contributed by atoms with E-state index < -0.39 is 17.6 Å². The van der Waals surface area contributed by atoms with Crippen molar-refractivity contribution in [3.8, 4) is 0 Å². The number of fused-ring (bicyclic) bond motifs is 1. The maximum Gasteiger partial charge on any atom is 0.419 e. The predicted molar refractivity (Wildman–Crippen MR) is 127 cm³/mol. The van der Waals surface area contributed by atoms with Gasteiger partial charge in [0.25, 0.3) is 0 Å². The Morgan fingerprint density at radius 2 is 2.00 bits per heavy atom. The lowest BCUT2D eigenvalue weighted by Crippen LogP contribution is -2.49. The maximum absolute atomic E-state index is 14.3. The fourth-order valence-corrected chi connectivity index (χ4v) is 5.55. The molecule has 3 aliphatic rings. The first kappa shape index (κ1) is 25.8. The van der Waals surface area contributed by atoms with Crippen molar-refractivity contribution in [2.24, 2.45) is 5.92 Å². The first-order valence-corrected chi connectivity index (χ1v) is 12.7. The summed E-state index contributed by atoms with van der Waals surface area (Å²) in [5.41, 5.74) is 1.05. The summed E-state index contributed by atoms with van der Waals surface area (Å²) >= 11 is 0. The zero-order valence-corrected chi connectivity index (χ0v) is 20.7. The van der Waals surface area contributed by atoms with Crippen molar-refractivity contribution in [1.82, 2.24) is 25.1 Å². The Balaban J connectivity index is 1.25. The summed E-state index contributed by atoms with van der Waals surface area (Å²) in [6.45, 7) is 3.43. The summed E-state index contributed by atoms with van der Waals surface area (Å²) in [5.74, 6) is -0.333. The molecule has 0 bridgehead atoms. The Morgan fingerprint density at radius 1 is 1.22 bits per heavy atom. The molecule has 2 saturated heterocycles. The average molecular weight is 522 g/mol. The number of halogens is 4. The number of nitrogens with zero attached hydrogens (tertiary/aromatic N) is 4. The summed E-state index contributed by atoms with van der Waals surface area (Å²) in [6.07, 6.45) is 0.555. The number of nitrogens with one attached hydrogen (secondary N) is 1. The van der Waals surface area contributed by atoms with Gasteiger partial charge in [-0.3, -0.25) is 0 Å². The molecule has 1 N–H and O–H groups in total. The largest absolute Gasteiger partial charge is 0.419 e. The van der Waals surface area contributed by atoms with Crippen LogP contribution in [0.1, 0.15) is 47.0 Å². The zero-order valence-electron chi connectivity index (χ0n) is 20.7. The van der Waals surface area contributed by atoms with Gasteiger partial charge in [-0.1, -0.05) is 6.07 Å². The second-order valence-corrected chi connectivity index (χ2v) is 10.3. The highest BCUT2D eigenvalue weighted by Gasteiger charge is 2.38. The number of benzene rings is 1. The number of likely N-dealkylation sites (tertiary alicyclic amines) is 1. The smallest absolute Gasteiger partial charge is 0.381 e. The van der Waals surface area contributed by atoms with Gasteiger partial charge in [0.1, 0.15) is 11.6 Å². The van der Waals surface area contributed by atoms with Crippen LogP contribution in [0.5, 0.6) is 0 Å². The fourth-order valence-electron chi connectivity index (χ4n) is 5.55. The van der Waals surface area contributed by atoms with Crippen LogP contribution in [-0.4, -0.2) is 71.7 Å². The third kappa shape index (κ3) is 5.87. The summed E-state index contributed by atoms with van der Waals surface area (Å²) in [7, 11) is 1.87. The van der Waals surface area contributed by atoms with Crippen molar-refractivity contribution < 1.29 is 27.1 Å². The predicted octanol–water partition coefficient (Wildman–Crippen LogP) is 3.77. The zero-order chi connectivity index (χ0) is 26.2. The van der Waals surface area contributed by atoms with Gasteiger partial charge in [-0.25, -0.2) is 19.2 Å². The van der Waals surface area contributed by atoms with E-state index in [0.717, 1.165) is 61.7 Å². The number of hydrogen-bond acceptors (Lipinski definition) is 5. The van der Waals surface area contributed by atoms with E-state index in [4.69, 9.17) is 9.72 Å². The van der Waals surface area contributed by atoms with E-state index in [9.17, 15) is 22.4 Å². The molecule has 200 valence electrons. The minimum absolute atomic E-state index is 0.257. The van der Waals surface area contributed by atoms with Crippen molar-refractivity contribution >= 4 is 6.03 Å². The molecular formula is C26H31F4N5O2. The molecule has 0 radical (unpaired) electrons. The van der Waals surface area contributed by atoms with Gasteiger partial charge in [-0.15, -0.1) is 0 Å². The van der Waals surface area contributed by atoms with E-state index in [1.165, 1.54) is 6.07 Å². The highest BCUT2D eigenvalue weighted by molar-refractivity contribution is 5.75. The number of ether oxygens (including phenoxy) is 1. The van der Waals surface area contributed by atoms with Crippen LogP contribution in [0.4, 0.5) is 22.4 Å². The Kier molecular flexibility index (Phi) is 7.35. The van der Waals surface area contributed by atoms with Crippen LogP contribution in [0.3, 0.4) is 0 Å². The Morgan fingerprint density at radius 3 is 2.73 bits per heavy atom. The van der Waals surface area contributed by atoms with Crippen LogP contribution in [0.15, 0.2) is 24.4 Å². The van der Waals surface area contributed by atoms with Crippen LogP contribution in [0, 0.1) is 11.7 Å². The van der Waals surface area contributed by atoms with Gasteiger partial charge in [0.05, 0.1) is 23.8 Å². The summed E-state index contributed by atoms with van der Waals surface area (Å²) in [4.78, 5) is 26.2. The van der Waals surface area contributed by atoms with E-state index in [1.54, 1.807) is 4.90 Å². The quantitative estimate of drug-likeness (QED) is 0.621. The Labute approximate surface area is 213 Å². The molecule has 7 nitrogen and oxygen atoms in total. The summed E-state index contributed by atoms with van der Waals surface area (Å²) in [6, 6.07) is 2.42. The first-order chi connectivity index (χ1) is 17.7. The van der Waals surface area contributed by atoms with E-state index in [1.807, 2.05) is 18.1 Å². The summed E-state index contributed by atoms with van der Waals surface area (Å²) < 4.78 is 58.7. The Hall–Kier alpha value is -2.79. The minimum Gasteiger partial charge on any atom is -0.381 e. The number of carbonyl (C=O) groups is 1. The lowest BCUT2D eigenvalue weighted by atomic mass is 9.93. The topological polar surface area (TPSA) is 70.6 Å².